The largest absolute Gasteiger partial charge is 0.495 e. The van der Waals surface area contributed by atoms with Crippen LogP contribution in [0.25, 0.3) is 10.7 Å². The van der Waals surface area contributed by atoms with Crippen LogP contribution in [0.3, 0.4) is 0 Å². The van der Waals surface area contributed by atoms with Crippen molar-refractivity contribution in [3.63, 3.8) is 0 Å². The number of aryl methyl sites for hydroxylation is 1. The van der Waals surface area contributed by atoms with E-state index in [0.717, 1.165) is 28.2 Å². The zero-order chi connectivity index (χ0) is 22.0. The number of aromatic nitrogens is 3. The van der Waals surface area contributed by atoms with E-state index in [2.05, 4.69) is 28.5 Å². The van der Waals surface area contributed by atoms with E-state index in [9.17, 15) is 4.79 Å². The van der Waals surface area contributed by atoms with Crippen LogP contribution >= 0.6 is 23.1 Å². The Hall–Kier alpha value is -2.32. The molecule has 1 amide bonds. The van der Waals surface area contributed by atoms with Gasteiger partial charge in [-0.3, -0.25) is 4.79 Å². The lowest BCUT2D eigenvalue weighted by Crippen LogP contribution is -2.23. The highest BCUT2D eigenvalue weighted by Crippen LogP contribution is 2.38. The van der Waals surface area contributed by atoms with Gasteiger partial charge in [-0.1, -0.05) is 37.2 Å². The molecule has 0 saturated carbocycles. The Balaban J connectivity index is 1.46. The SMILES string of the molecule is CCC1CCc2sc(-c3nnc(SC(C)C(=O)Nc4ccccc4OC)n3C)cc2C1. The molecule has 1 N–H and O–H groups in total. The van der Waals surface area contributed by atoms with Crippen molar-refractivity contribution in [1.82, 2.24) is 14.8 Å². The summed E-state index contributed by atoms with van der Waals surface area (Å²) in [4.78, 5) is 15.4. The summed E-state index contributed by atoms with van der Waals surface area (Å²) in [5, 5.41) is 12.2. The molecule has 0 spiro atoms. The number of nitrogens with one attached hydrogen (secondary N) is 1. The fourth-order valence-electron chi connectivity index (χ4n) is 3.88. The Morgan fingerprint density at radius 2 is 2.19 bits per heavy atom. The van der Waals surface area contributed by atoms with Crippen molar-refractivity contribution in [2.24, 2.45) is 13.0 Å². The zero-order valence-electron chi connectivity index (χ0n) is 18.3. The number of para-hydroxylation sites is 2. The smallest absolute Gasteiger partial charge is 0.237 e. The number of methoxy groups -OCH3 is 1. The minimum Gasteiger partial charge on any atom is -0.495 e. The number of carbonyl (C=O) groups excluding carboxylic acids is 1. The molecule has 1 aliphatic carbocycles. The summed E-state index contributed by atoms with van der Waals surface area (Å²) in [7, 11) is 3.56. The monoisotopic (exact) mass is 456 g/mol. The molecule has 1 aliphatic rings. The summed E-state index contributed by atoms with van der Waals surface area (Å²) in [5.41, 5.74) is 2.13. The minimum absolute atomic E-state index is 0.101. The average Bonchev–Trinajstić information content (AvgIpc) is 3.36. The normalized spacial score (nSPS) is 16.6. The van der Waals surface area contributed by atoms with Crippen molar-refractivity contribution in [2.75, 3.05) is 12.4 Å². The van der Waals surface area contributed by atoms with Crippen molar-refractivity contribution in [3.05, 3.63) is 40.8 Å². The summed E-state index contributed by atoms with van der Waals surface area (Å²) in [5.74, 6) is 2.20. The van der Waals surface area contributed by atoms with Crippen molar-refractivity contribution in [2.45, 2.75) is 49.9 Å². The summed E-state index contributed by atoms with van der Waals surface area (Å²) in [6, 6.07) is 9.69. The first kappa shape index (κ1) is 21.9. The second-order valence-corrected chi connectivity index (χ2v) is 10.3. The van der Waals surface area contributed by atoms with Gasteiger partial charge in [0.15, 0.2) is 11.0 Å². The molecule has 2 atom stereocenters. The second-order valence-electron chi connectivity index (χ2n) is 7.89. The average molecular weight is 457 g/mol. The Bertz CT molecular complexity index is 1080. The fraction of sp³-hybridized carbons (Fsp3) is 0.435. The summed E-state index contributed by atoms with van der Waals surface area (Å²) < 4.78 is 7.31. The molecule has 6 nitrogen and oxygen atoms in total. The van der Waals surface area contributed by atoms with Gasteiger partial charge in [0.05, 0.1) is 22.9 Å². The van der Waals surface area contributed by atoms with E-state index in [0.29, 0.717) is 11.4 Å². The topological polar surface area (TPSA) is 69.0 Å². The highest BCUT2D eigenvalue weighted by Gasteiger charge is 2.24. The van der Waals surface area contributed by atoms with Crippen molar-refractivity contribution >= 4 is 34.7 Å². The number of hydrogen-bond donors (Lipinski definition) is 1. The molecule has 4 rings (SSSR count). The van der Waals surface area contributed by atoms with Crippen LogP contribution in [0.4, 0.5) is 5.69 Å². The number of rotatable bonds is 7. The minimum atomic E-state index is -0.331. The standard InChI is InChI=1S/C23H28N4O2S2/c1-5-15-10-11-19-16(12-15)13-20(31-19)21-25-26-23(27(21)3)30-14(2)22(28)24-17-8-6-7-9-18(17)29-4/h6-9,13-15H,5,10-12H2,1-4H3,(H,24,28). The molecule has 0 radical (unpaired) electrons. The molecule has 31 heavy (non-hydrogen) atoms. The lowest BCUT2D eigenvalue weighted by atomic mass is 9.87. The number of benzene rings is 1. The van der Waals surface area contributed by atoms with Crippen LogP contribution in [0.2, 0.25) is 0 Å². The fourth-order valence-corrected chi connectivity index (χ4v) is 5.93. The van der Waals surface area contributed by atoms with Gasteiger partial charge in [0.25, 0.3) is 0 Å². The van der Waals surface area contributed by atoms with E-state index in [1.165, 1.54) is 41.5 Å². The van der Waals surface area contributed by atoms with Gasteiger partial charge in [-0.25, -0.2) is 0 Å². The van der Waals surface area contributed by atoms with Crippen LogP contribution in [-0.4, -0.2) is 33.0 Å². The van der Waals surface area contributed by atoms with E-state index < -0.39 is 0 Å². The van der Waals surface area contributed by atoms with Gasteiger partial charge in [0.1, 0.15) is 5.75 Å². The van der Waals surface area contributed by atoms with Crippen LogP contribution in [-0.2, 0) is 24.7 Å². The van der Waals surface area contributed by atoms with E-state index in [-0.39, 0.29) is 11.2 Å². The van der Waals surface area contributed by atoms with Gasteiger partial charge >= 0.3 is 0 Å². The first-order valence-electron chi connectivity index (χ1n) is 10.6. The molecular formula is C23H28N4O2S2. The van der Waals surface area contributed by atoms with Gasteiger partial charge < -0.3 is 14.6 Å². The lowest BCUT2D eigenvalue weighted by Gasteiger charge is -2.19. The molecule has 3 aromatic rings. The van der Waals surface area contributed by atoms with Crippen LogP contribution < -0.4 is 10.1 Å². The molecule has 2 aromatic heterocycles. The van der Waals surface area contributed by atoms with Gasteiger partial charge in [-0.2, -0.15) is 0 Å². The number of hydrogen-bond acceptors (Lipinski definition) is 6. The van der Waals surface area contributed by atoms with Crippen LogP contribution in [0, 0.1) is 5.92 Å². The quantitative estimate of drug-likeness (QED) is 0.496. The Morgan fingerprint density at radius 1 is 1.39 bits per heavy atom. The molecule has 0 saturated heterocycles. The van der Waals surface area contributed by atoms with Crippen molar-refractivity contribution < 1.29 is 9.53 Å². The zero-order valence-corrected chi connectivity index (χ0v) is 20.0. The highest BCUT2D eigenvalue weighted by atomic mass is 32.2. The first-order chi connectivity index (χ1) is 15.0. The third-order valence-electron chi connectivity index (χ3n) is 5.83. The maximum Gasteiger partial charge on any atom is 0.237 e. The number of thioether (sulfide) groups is 1. The van der Waals surface area contributed by atoms with E-state index in [1.54, 1.807) is 7.11 Å². The molecule has 1 aromatic carbocycles. The maximum atomic E-state index is 12.7. The van der Waals surface area contributed by atoms with Crippen molar-refractivity contribution in [1.29, 1.82) is 0 Å². The predicted octanol–water partition coefficient (Wildman–Crippen LogP) is 5.19. The van der Waals surface area contributed by atoms with E-state index >= 15 is 0 Å². The van der Waals surface area contributed by atoms with Crippen LogP contribution in [0.1, 0.15) is 37.1 Å². The third kappa shape index (κ3) is 4.65. The van der Waals surface area contributed by atoms with Crippen molar-refractivity contribution in [3.8, 4) is 16.5 Å². The number of fused-ring (bicyclic) bond motifs is 1. The summed E-state index contributed by atoms with van der Waals surface area (Å²) in [6.45, 7) is 4.15. The lowest BCUT2D eigenvalue weighted by molar-refractivity contribution is -0.115. The van der Waals surface area contributed by atoms with E-state index in [1.807, 2.05) is 54.1 Å². The number of thiophene rings is 1. The number of ether oxygens (including phenoxy) is 1. The Labute approximate surface area is 191 Å². The molecule has 8 heteroatoms. The molecule has 2 unspecified atom stereocenters. The predicted molar refractivity (Wildman–Crippen MR) is 127 cm³/mol. The molecular weight excluding hydrogens is 428 g/mol. The third-order valence-corrected chi connectivity index (χ3v) is 8.20. The second kappa shape index (κ2) is 9.44. The summed E-state index contributed by atoms with van der Waals surface area (Å²) in [6.07, 6.45) is 4.85. The number of anilines is 1. The Morgan fingerprint density at radius 3 is 2.97 bits per heavy atom. The maximum absolute atomic E-state index is 12.7. The van der Waals surface area contributed by atoms with Crippen LogP contribution in [0.5, 0.6) is 5.75 Å². The van der Waals surface area contributed by atoms with Crippen LogP contribution in [0.15, 0.2) is 35.5 Å². The Kier molecular flexibility index (Phi) is 6.67. The summed E-state index contributed by atoms with van der Waals surface area (Å²) >= 11 is 3.24. The molecule has 0 aliphatic heterocycles. The van der Waals surface area contributed by atoms with Gasteiger partial charge in [0, 0.05) is 11.9 Å². The van der Waals surface area contributed by atoms with E-state index in [4.69, 9.17) is 4.74 Å². The van der Waals surface area contributed by atoms with Gasteiger partial charge in [-0.05, 0) is 55.9 Å². The molecule has 0 fully saturated rings. The highest BCUT2D eigenvalue weighted by molar-refractivity contribution is 8.00. The molecule has 0 bridgehead atoms. The molecule has 2 heterocycles. The number of nitrogens with zero attached hydrogens (tertiary/aromatic N) is 3. The number of amides is 1. The first-order valence-corrected chi connectivity index (χ1v) is 12.3. The number of carbonyl (C=O) groups is 1. The van der Waals surface area contributed by atoms with Gasteiger partial charge in [0.2, 0.25) is 5.91 Å². The molecule has 164 valence electrons. The van der Waals surface area contributed by atoms with Gasteiger partial charge in [-0.15, -0.1) is 21.5 Å².